The van der Waals surface area contributed by atoms with Crippen molar-refractivity contribution >= 4 is 23.4 Å². The molecule has 0 heterocycles. The van der Waals surface area contributed by atoms with Gasteiger partial charge in [-0.3, -0.25) is 25.0 Å². The number of carbonyl (C=O) groups is 1. The Bertz CT molecular complexity index is 782. The van der Waals surface area contributed by atoms with Gasteiger partial charge in [-0.05, 0) is 29.3 Å². The van der Waals surface area contributed by atoms with Gasteiger partial charge in [-0.25, -0.2) is 0 Å². The molecule has 2 rings (SSSR count). The lowest BCUT2D eigenvalue weighted by Crippen LogP contribution is -2.20. The van der Waals surface area contributed by atoms with E-state index in [1.807, 2.05) is 0 Å². The molecule has 8 heteroatoms. The molecule has 0 saturated heterocycles. The zero-order valence-electron chi connectivity index (χ0n) is 12.4. The van der Waals surface area contributed by atoms with Gasteiger partial charge in [0, 0.05) is 36.9 Å². The average Bonchev–Trinajstić information content (AvgIpc) is 2.58. The minimum atomic E-state index is -0.496. The highest BCUT2D eigenvalue weighted by Crippen LogP contribution is 2.13. The summed E-state index contributed by atoms with van der Waals surface area (Å²) in [5.41, 5.74) is 1.36. The summed E-state index contributed by atoms with van der Waals surface area (Å²) in [7, 11) is 0. The molecule has 0 atom stereocenters. The fraction of sp³-hybridized carbons (Fsp3) is 0.0625. The number of hydrogen-bond donors (Lipinski definition) is 1. The van der Waals surface area contributed by atoms with Crippen molar-refractivity contribution in [3.05, 3.63) is 86.0 Å². The minimum absolute atomic E-state index is 0.0110. The van der Waals surface area contributed by atoms with Crippen LogP contribution in [0.5, 0.6) is 0 Å². The molecule has 2 aromatic rings. The number of carbonyl (C=O) groups excluding carboxylic acids is 1. The van der Waals surface area contributed by atoms with E-state index in [-0.39, 0.29) is 23.8 Å². The van der Waals surface area contributed by atoms with Crippen molar-refractivity contribution in [2.45, 2.75) is 6.54 Å². The van der Waals surface area contributed by atoms with Crippen LogP contribution in [0.2, 0.25) is 0 Å². The molecule has 1 N–H and O–H groups in total. The summed E-state index contributed by atoms with van der Waals surface area (Å²) in [4.78, 5) is 31.8. The molecule has 0 bridgehead atoms. The van der Waals surface area contributed by atoms with Crippen LogP contribution in [0.1, 0.15) is 11.1 Å². The predicted molar refractivity (Wildman–Crippen MR) is 87.1 cm³/mol. The number of nitrogens with one attached hydrogen (secondary N) is 1. The van der Waals surface area contributed by atoms with Crippen LogP contribution in [0.3, 0.4) is 0 Å². The fourth-order valence-corrected chi connectivity index (χ4v) is 1.86. The highest BCUT2D eigenvalue weighted by molar-refractivity contribution is 5.91. The molecular weight excluding hydrogens is 314 g/mol. The normalized spacial score (nSPS) is 10.5. The Morgan fingerprint density at radius 1 is 0.917 bits per heavy atom. The molecule has 0 radical (unpaired) electrons. The van der Waals surface area contributed by atoms with Gasteiger partial charge < -0.3 is 5.32 Å². The van der Waals surface area contributed by atoms with Gasteiger partial charge >= 0.3 is 0 Å². The molecule has 8 nitrogen and oxygen atoms in total. The lowest BCUT2D eigenvalue weighted by atomic mass is 10.2. The molecule has 0 saturated carbocycles. The predicted octanol–water partition coefficient (Wildman–Crippen LogP) is 2.83. The number of rotatable bonds is 6. The summed E-state index contributed by atoms with van der Waals surface area (Å²) >= 11 is 0. The van der Waals surface area contributed by atoms with Crippen molar-refractivity contribution in [2.24, 2.45) is 0 Å². The smallest absolute Gasteiger partial charge is 0.269 e. The Hall–Kier alpha value is -3.55. The number of nitro benzene ring substituents is 2. The highest BCUT2D eigenvalue weighted by atomic mass is 16.6. The van der Waals surface area contributed by atoms with Crippen molar-refractivity contribution < 1.29 is 14.6 Å². The third-order valence-corrected chi connectivity index (χ3v) is 3.14. The number of benzene rings is 2. The van der Waals surface area contributed by atoms with Crippen molar-refractivity contribution in [1.82, 2.24) is 5.32 Å². The molecule has 0 aliphatic carbocycles. The summed E-state index contributed by atoms with van der Waals surface area (Å²) in [6.07, 6.45) is 2.85. The lowest BCUT2D eigenvalue weighted by molar-refractivity contribution is -0.385. The fourth-order valence-electron chi connectivity index (χ4n) is 1.86. The molecule has 2 aromatic carbocycles. The van der Waals surface area contributed by atoms with Gasteiger partial charge in [0.1, 0.15) is 0 Å². The van der Waals surface area contributed by atoms with E-state index in [0.717, 1.165) is 5.56 Å². The molecule has 0 spiro atoms. The Morgan fingerprint density at radius 3 is 1.92 bits per heavy atom. The maximum Gasteiger partial charge on any atom is 0.269 e. The first-order valence-electron chi connectivity index (χ1n) is 6.89. The lowest BCUT2D eigenvalue weighted by Gasteiger charge is -2.02. The quantitative estimate of drug-likeness (QED) is 0.497. The summed E-state index contributed by atoms with van der Waals surface area (Å²) in [6.45, 7) is 0.238. The molecular formula is C16H13N3O5. The maximum absolute atomic E-state index is 11.7. The van der Waals surface area contributed by atoms with Crippen molar-refractivity contribution in [3.63, 3.8) is 0 Å². The molecule has 0 aromatic heterocycles. The minimum Gasteiger partial charge on any atom is -0.348 e. The number of nitro groups is 2. The first kappa shape index (κ1) is 16.8. The van der Waals surface area contributed by atoms with E-state index in [1.165, 1.54) is 48.6 Å². The second kappa shape index (κ2) is 7.63. The van der Waals surface area contributed by atoms with Gasteiger partial charge in [0.25, 0.3) is 11.4 Å². The van der Waals surface area contributed by atoms with Crippen LogP contribution in [0.4, 0.5) is 11.4 Å². The van der Waals surface area contributed by atoms with Crippen molar-refractivity contribution in [1.29, 1.82) is 0 Å². The van der Waals surface area contributed by atoms with Crippen molar-refractivity contribution in [2.75, 3.05) is 0 Å². The largest absolute Gasteiger partial charge is 0.348 e. The van der Waals surface area contributed by atoms with E-state index < -0.39 is 9.85 Å². The summed E-state index contributed by atoms with van der Waals surface area (Å²) in [5, 5.41) is 23.7. The topological polar surface area (TPSA) is 115 Å². The standard InChI is InChI=1S/C16H13N3O5/c20-16(10-5-12-1-6-14(7-2-12)18(21)22)17-11-13-3-8-15(9-4-13)19(23)24/h1-10H,11H2,(H,17,20)/b10-5+. The van der Waals surface area contributed by atoms with Crippen LogP contribution >= 0.6 is 0 Å². The van der Waals surface area contributed by atoms with E-state index in [2.05, 4.69) is 5.32 Å². The van der Waals surface area contributed by atoms with Crippen LogP contribution in [0, 0.1) is 20.2 Å². The number of nitrogens with zero attached hydrogens (tertiary/aromatic N) is 2. The average molecular weight is 327 g/mol. The van der Waals surface area contributed by atoms with Gasteiger partial charge in [-0.2, -0.15) is 0 Å². The van der Waals surface area contributed by atoms with Gasteiger partial charge in [0.15, 0.2) is 0 Å². The molecule has 24 heavy (non-hydrogen) atoms. The number of amides is 1. The van der Waals surface area contributed by atoms with Gasteiger partial charge in [-0.1, -0.05) is 12.1 Å². The Kier molecular flexibility index (Phi) is 5.35. The molecule has 0 aliphatic heterocycles. The van der Waals surface area contributed by atoms with E-state index in [9.17, 15) is 25.0 Å². The Labute approximate surface area is 136 Å². The van der Waals surface area contributed by atoms with Crippen LogP contribution in [0.25, 0.3) is 6.08 Å². The number of non-ortho nitro benzene ring substituents is 2. The van der Waals surface area contributed by atoms with Gasteiger partial charge in [0.05, 0.1) is 9.85 Å². The maximum atomic E-state index is 11.7. The first-order chi connectivity index (χ1) is 11.5. The van der Waals surface area contributed by atoms with Crippen LogP contribution < -0.4 is 5.32 Å². The summed E-state index contributed by atoms with van der Waals surface area (Å²) in [6, 6.07) is 11.7. The molecule has 122 valence electrons. The van der Waals surface area contributed by atoms with Crippen molar-refractivity contribution in [3.8, 4) is 0 Å². The Balaban J connectivity index is 1.88. The zero-order valence-corrected chi connectivity index (χ0v) is 12.4. The first-order valence-corrected chi connectivity index (χ1v) is 6.89. The van der Waals surface area contributed by atoms with Crippen LogP contribution in [0.15, 0.2) is 54.6 Å². The van der Waals surface area contributed by atoms with E-state index in [4.69, 9.17) is 0 Å². The monoisotopic (exact) mass is 327 g/mol. The molecule has 0 aliphatic rings. The van der Waals surface area contributed by atoms with Gasteiger partial charge in [0.2, 0.25) is 5.91 Å². The van der Waals surface area contributed by atoms with E-state index in [0.29, 0.717) is 5.56 Å². The molecule has 0 fully saturated rings. The van der Waals surface area contributed by atoms with Crippen LogP contribution in [-0.2, 0) is 11.3 Å². The molecule has 1 amide bonds. The highest BCUT2D eigenvalue weighted by Gasteiger charge is 2.05. The summed E-state index contributed by atoms with van der Waals surface area (Å²) < 4.78 is 0. The SMILES string of the molecule is O=C(/C=C/c1ccc([N+](=O)[O-])cc1)NCc1ccc([N+](=O)[O-])cc1. The van der Waals surface area contributed by atoms with Gasteiger partial charge in [-0.15, -0.1) is 0 Å². The zero-order chi connectivity index (χ0) is 17.5. The third-order valence-electron chi connectivity index (χ3n) is 3.14. The number of hydrogen-bond acceptors (Lipinski definition) is 5. The summed E-state index contributed by atoms with van der Waals surface area (Å²) in [5.74, 6) is -0.341. The van der Waals surface area contributed by atoms with Crippen LogP contribution in [-0.4, -0.2) is 15.8 Å². The second-order valence-corrected chi connectivity index (χ2v) is 4.82. The Morgan fingerprint density at radius 2 is 1.42 bits per heavy atom. The van der Waals surface area contributed by atoms with E-state index in [1.54, 1.807) is 12.1 Å². The second-order valence-electron chi connectivity index (χ2n) is 4.82. The molecule has 0 unspecified atom stereocenters. The third kappa shape index (κ3) is 4.73. The van der Waals surface area contributed by atoms with E-state index >= 15 is 0 Å².